The van der Waals surface area contributed by atoms with E-state index in [2.05, 4.69) is 27.7 Å². The summed E-state index contributed by atoms with van der Waals surface area (Å²) in [6.45, 7) is 13.2. The molecule has 0 spiro atoms. The minimum Gasteiger partial charge on any atom is -0.458 e. The number of carbonyl (C=O) groups is 1. The fourth-order valence-electron chi connectivity index (χ4n) is 6.08. The predicted molar refractivity (Wildman–Crippen MR) is 94.0 cm³/mol. The molecule has 4 bridgehead atoms. The van der Waals surface area contributed by atoms with Gasteiger partial charge in [-0.15, -0.1) is 0 Å². The zero-order valence-electron chi connectivity index (χ0n) is 16.1. The molecule has 2 atom stereocenters. The average molecular weight is 321 g/mol. The summed E-state index contributed by atoms with van der Waals surface area (Å²) >= 11 is 0. The summed E-state index contributed by atoms with van der Waals surface area (Å²) in [5.41, 5.74) is -0.0136. The molecule has 0 amide bonds. The van der Waals surface area contributed by atoms with E-state index in [4.69, 9.17) is 4.74 Å². The highest BCUT2D eigenvalue weighted by molar-refractivity contribution is 5.76. The Balaban J connectivity index is 1.91. The maximum atomic E-state index is 12.9. The van der Waals surface area contributed by atoms with Crippen molar-refractivity contribution in [1.82, 2.24) is 0 Å². The first-order valence-corrected chi connectivity index (χ1v) is 9.84. The summed E-state index contributed by atoms with van der Waals surface area (Å²) in [4.78, 5) is 12.9. The Morgan fingerprint density at radius 2 is 1.74 bits per heavy atom. The van der Waals surface area contributed by atoms with E-state index in [1.165, 1.54) is 32.1 Å². The van der Waals surface area contributed by atoms with E-state index in [0.29, 0.717) is 23.2 Å². The molecule has 0 aromatic carbocycles. The van der Waals surface area contributed by atoms with Crippen molar-refractivity contribution in [1.29, 1.82) is 0 Å². The Morgan fingerprint density at radius 3 is 2.17 bits per heavy atom. The third kappa shape index (κ3) is 2.85. The van der Waals surface area contributed by atoms with Crippen LogP contribution in [0.3, 0.4) is 0 Å². The smallest absolute Gasteiger partial charge is 0.312 e. The van der Waals surface area contributed by atoms with Crippen LogP contribution in [0.2, 0.25) is 0 Å². The molecule has 0 heterocycles. The van der Waals surface area contributed by atoms with Gasteiger partial charge in [0, 0.05) is 0 Å². The van der Waals surface area contributed by atoms with Crippen molar-refractivity contribution in [2.75, 3.05) is 0 Å². The van der Waals surface area contributed by atoms with E-state index in [-0.39, 0.29) is 17.0 Å². The highest BCUT2D eigenvalue weighted by atomic mass is 16.6. The van der Waals surface area contributed by atoms with Crippen molar-refractivity contribution in [3.05, 3.63) is 0 Å². The molecule has 2 nitrogen and oxygen atoms in total. The standard InChI is InChI=1S/C21H36O2/c1-7-19(4,5)18(22)23-21(10-14(2)3)16-8-15-9-17(21)13-20(6,11-15)12-16/h14-17H,7-13H2,1-6H3. The van der Waals surface area contributed by atoms with Crippen LogP contribution in [-0.2, 0) is 9.53 Å². The van der Waals surface area contributed by atoms with Crippen molar-refractivity contribution in [2.24, 2.45) is 34.5 Å². The van der Waals surface area contributed by atoms with Crippen LogP contribution in [-0.4, -0.2) is 11.6 Å². The fraction of sp³-hybridized carbons (Fsp3) is 0.952. The van der Waals surface area contributed by atoms with E-state index in [0.717, 1.165) is 18.8 Å². The first kappa shape index (κ1) is 17.3. The molecular weight excluding hydrogens is 284 g/mol. The van der Waals surface area contributed by atoms with Gasteiger partial charge < -0.3 is 4.74 Å². The SMILES string of the molecule is CCC(C)(C)C(=O)OC1(CC(C)C)C2CC3CC1CC(C)(C3)C2. The van der Waals surface area contributed by atoms with Crippen molar-refractivity contribution in [3.63, 3.8) is 0 Å². The summed E-state index contributed by atoms with van der Waals surface area (Å²) in [5.74, 6) is 2.70. The third-order valence-corrected chi connectivity index (χ3v) is 7.32. The van der Waals surface area contributed by atoms with Gasteiger partial charge >= 0.3 is 5.97 Å². The topological polar surface area (TPSA) is 26.3 Å². The van der Waals surface area contributed by atoms with Gasteiger partial charge in [-0.1, -0.05) is 27.7 Å². The maximum absolute atomic E-state index is 12.9. The molecule has 4 aliphatic rings. The van der Waals surface area contributed by atoms with E-state index in [1.807, 2.05) is 13.8 Å². The number of esters is 1. The molecule has 4 saturated carbocycles. The van der Waals surface area contributed by atoms with E-state index in [9.17, 15) is 4.79 Å². The average Bonchev–Trinajstić information content (AvgIpc) is 2.42. The normalized spacial score (nSPS) is 42.3. The number of ether oxygens (including phenoxy) is 1. The summed E-state index contributed by atoms with van der Waals surface area (Å²) in [6, 6.07) is 0. The van der Waals surface area contributed by atoms with E-state index >= 15 is 0 Å². The van der Waals surface area contributed by atoms with Crippen LogP contribution >= 0.6 is 0 Å². The van der Waals surface area contributed by atoms with Gasteiger partial charge in [0.15, 0.2) is 0 Å². The number of carbonyl (C=O) groups excluding carboxylic acids is 1. The molecule has 4 fully saturated rings. The Kier molecular flexibility index (Phi) is 4.13. The summed E-state index contributed by atoms with van der Waals surface area (Å²) in [5, 5.41) is 0. The number of rotatable bonds is 5. The van der Waals surface area contributed by atoms with Crippen LogP contribution in [0, 0.1) is 34.5 Å². The van der Waals surface area contributed by atoms with Gasteiger partial charge in [-0.25, -0.2) is 0 Å². The summed E-state index contributed by atoms with van der Waals surface area (Å²) in [7, 11) is 0. The molecule has 0 N–H and O–H groups in total. The predicted octanol–water partition coefficient (Wildman–Crippen LogP) is 5.60. The van der Waals surface area contributed by atoms with Crippen LogP contribution in [0.25, 0.3) is 0 Å². The molecule has 0 radical (unpaired) electrons. The quantitative estimate of drug-likeness (QED) is 0.617. The zero-order valence-corrected chi connectivity index (χ0v) is 16.1. The molecule has 2 heteroatoms. The molecule has 4 aliphatic carbocycles. The van der Waals surface area contributed by atoms with Crippen LogP contribution in [0.5, 0.6) is 0 Å². The lowest BCUT2D eigenvalue weighted by Crippen LogP contribution is -2.63. The molecule has 2 unspecified atom stereocenters. The Morgan fingerprint density at radius 1 is 1.17 bits per heavy atom. The highest BCUT2D eigenvalue weighted by Crippen LogP contribution is 2.65. The lowest BCUT2D eigenvalue weighted by atomic mass is 9.44. The van der Waals surface area contributed by atoms with Gasteiger partial charge in [-0.3, -0.25) is 4.79 Å². The summed E-state index contributed by atoms with van der Waals surface area (Å²) < 4.78 is 6.49. The Hall–Kier alpha value is -0.530. The van der Waals surface area contributed by atoms with Gasteiger partial charge in [-0.05, 0) is 87.9 Å². The number of hydrogen-bond acceptors (Lipinski definition) is 2. The van der Waals surface area contributed by atoms with E-state index in [1.54, 1.807) is 0 Å². The van der Waals surface area contributed by atoms with Crippen molar-refractivity contribution in [3.8, 4) is 0 Å². The highest BCUT2D eigenvalue weighted by Gasteiger charge is 2.63. The first-order chi connectivity index (χ1) is 10.6. The molecular formula is C21H36O2. The monoisotopic (exact) mass is 320 g/mol. The zero-order chi connectivity index (χ0) is 17.0. The van der Waals surface area contributed by atoms with Gasteiger partial charge in [0.25, 0.3) is 0 Å². The van der Waals surface area contributed by atoms with Crippen LogP contribution in [0.1, 0.15) is 86.5 Å². The molecule has 23 heavy (non-hydrogen) atoms. The van der Waals surface area contributed by atoms with Gasteiger partial charge in [0.05, 0.1) is 5.41 Å². The minimum absolute atomic E-state index is 0.0401. The second-order valence-corrected chi connectivity index (χ2v) is 10.3. The Bertz CT molecular complexity index is 460. The lowest BCUT2D eigenvalue weighted by Gasteiger charge is -2.64. The van der Waals surface area contributed by atoms with Crippen LogP contribution < -0.4 is 0 Å². The van der Waals surface area contributed by atoms with Crippen LogP contribution in [0.4, 0.5) is 0 Å². The largest absolute Gasteiger partial charge is 0.458 e. The lowest BCUT2D eigenvalue weighted by molar-refractivity contribution is -0.234. The first-order valence-electron chi connectivity index (χ1n) is 9.84. The van der Waals surface area contributed by atoms with Crippen molar-refractivity contribution in [2.45, 2.75) is 92.1 Å². The second-order valence-electron chi connectivity index (χ2n) is 10.3. The van der Waals surface area contributed by atoms with Crippen molar-refractivity contribution < 1.29 is 9.53 Å². The third-order valence-electron chi connectivity index (χ3n) is 7.32. The summed E-state index contributed by atoms with van der Waals surface area (Å²) in [6.07, 6.45) is 8.43. The molecule has 0 aromatic rings. The Labute approximate surface area is 142 Å². The molecule has 132 valence electrons. The fourth-order valence-corrected chi connectivity index (χ4v) is 6.08. The second kappa shape index (κ2) is 5.49. The van der Waals surface area contributed by atoms with E-state index < -0.39 is 0 Å². The number of hydrogen-bond donors (Lipinski definition) is 0. The minimum atomic E-state index is -0.359. The molecule has 4 rings (SSSR count). The van der Waals surface area contributed by atoms with Gasteiger partial charge in [-0.2, -0.15) is 0 Å². The van der Waals surface area contributed by atoms with Gasteiger partial charge in [0.1, 0.15) is 5.60 Å². The molecule has 0 aromatic heterocycles. The molecule has 0 aliphatic heterocycles. The van der Waals surface area contributed by atoms with Gasteiger partial charge in [0.2, 0.25) is 0 Å². The maximum Gasteiger partial charge on any atom is 0.312 e. The van der Waals surface area contributed by atoms with Crippen molar-refractivity contribution >= 4 is 5.97 Å². The van der Waals surface area contributed by atoms with Crippen LogP contribution in [0.15, 0.2) is 0 Å². The molecule has 0 saturated heterocycles.